The van der Waals surface area contributed by atoms with Gasteiger partial charge in [-0.05, 0) is 18.6 Å². The molecule has 1 heterocycles. The molecule has 0 radical (unpaired) electrons. The highest BCUT2D eigenvalue weighted by atomic mass is 32.1. The van der Waals surface area contributed by atoms with Crippen molar-refractivity contribution in [3.05, 3.63) is 29.0 Å². The highest BCUT2D eigenvalue weighted by Crippen LogP contribution is 2.35. The summed E-state index contributed by atoms with van der Waals surface area (Å²) >= 11 is 1.05. The molecule has 0 aliphatic rings. The second-order valence-electron chi connectivity index (χ2n) is 3.79. The fourth-order valence-electron chi connectivity index (χ4n) is 1.67. The van der Waals surface area contributed by atoms with Gasteiger partial charge in [-0.2, -0.15) is 0 Å². The zero-order valence-electron chi connectivity index (χ0n) is 9.91. The van der Waals surface area contributed by atoms with E-state index in [2.05, 4.69) is 16.3 Å². The number of ether oxygens (including phenoxy) is 1. The van der Waals surface area contributed by atoms with Crippen LogP contribution in [-0.4, -0.2) is 18.1 Å². The molecular formula is C12H11FN2O2S. The Morgan fingerprint density at radius 3 is 2.83 bits per heavy atom. The number of fused-ring (bicyclic) bond motifs is 1. The van der Waals surface area contributed by atoms with Crippen LogP contribution in [0.3, 0.4) is 0 Å². The number of esters is 1. The molecule has 0 atom stereocenters. The average molecular weight is 266 g/mol. The lowest BCUT2D eigenvalue weighted by Crippen LogP contribution is -1.99. The Bertz CT molecular complexity index is 664. The molecule has 0 aliphatic carbocycles. The number of carbonyl (C=O) groups excluding carboxylic acids is 1. The number of methoxy groups -OCH3 is 1. The normalized spacial score (nSPS) is 10.6. The smallest absolute Gasteiger partial charge is 0.367 e. The molecule has 2 N–H and O–H groups in total. The number of hydrogen-bond acceptors (Lipinski definition) is 5. The van der Waals surface area contributed by atoms with E-state index in [1.165, 1.54) is 13.2 Å². The Labute approximate surface area is 107 Å². The van der Waals surface area contributed by atoms with E-state index in [1.807, 2.05) is 0 Å². The van der Waals surface area contributed by atoms with Gasteiger partial charge in [0, 0.05) is 11.3 Å². The van der Waals surface area contributed by atoms with E-state index >= 15 is 0 Å². The SMILES string of the molecule is C=C(C)c1c(N)cc(F)c2nc(C(=O)OC)sc12. The summed E-state index contributed by atoms with van der Waals surface area (Å²) in [5.41, 5.74) is 7.49. The van der Waals surface area contributed by atoms with Crippen LogP contribution in [0.25, 0.3) is 15.8 Å². The first-order valence-corrected chi connectivity index (χ1v) is 5.90. The number of halogens is 1. The van der Waals surface area contributed by atoms with Crippen LogP contribution < -0.4 is 5.73 Å². The van der Waals surface area contributed by atoms with E-state index in [4.69, 9.17) is 5.73 Å². The van der Waals surface area contributed by atoms with Crippen molar-refractivity contribution in [2.45, 2.75) is 6.92 Å². The van der Waals surface area contributed by atoms with Crippen LogP contribution in [0.2, 0.25) is 0 Å². The number of rotatable bonds is 2. The number of thiazole rings is 1. The number of hydrogen-bond donors (Lipinski definition) is 1. The fraction of sp³-hybridized carbons (Fsp3) is 0.167. The van der Waals surface area contributed by atoms with Crippen molar-refractivity contribution in [2.75, 3.05) is 12.8 Å². The predicted octanol–water partition coefficient (Wildman–Crippen LogP) is 2.84. The van der Waals surface area contributed by atoms with Crippen molar-refractivity contribution in [1.82, 2.24) is 4.98 Å². The van der Waals surface area contributed by atoms with Gasteiger partial charge in [-0.15, -0.1) is 11.3 Å². The summed E-state index contributed by atoms with van der Waals surface area (Å²) in [4.78, 5) is 15.3. The Kier molecular flexibility index (Phi) is 3.04. The number of anilines is 1. The summed E-state index contributed by atoms with van der Waals surface area (Å²) in [6.45, 7) is 5.56. The first kappa shape index (κ1) is 12.5. The van der Waals surface area contributed by atoms with Gasteiger partial charge in [0.1, 0.15) is 5.52 Å². The van der Waals surface area contributed by atoms with Gasteiger partial charge in [0.2, 0.25) is 5.01 Å². The van der Waals surface area contributed by atoms with Crippen molar-refractivity contribution in [2.24, 2.45) is 0 Å². The van der Waals surface area contributed by atoms with E-state index in [9.17, 15) is 9.18 Å². The summed E-state index contributed by atoms with van der Waals surface area (Å²) in [5.74, 6) is -1.15. The molecule has 18 heavy (non-hydrogen) atoms. The maximum absolute atomic E-state index is 13.8. The molecule has 94 valence electrons. The number of aromatic nitrogens is 1. The van der Waals surface area contributed by atoms with Crippen molar-refractivity contribution >= 4 is 38.8 Å². The van der Waals surface area contributed by atoms with Gasteiger partial charge in [-0.1, -0.05) is 6.58 Å². The Morgan fingerprint density at radius 2 is 2.28 bits per heavy atom. The third-order valence-corrected chi connectivity index (χ3v) is 3.49. The van der Waals surface area contributed by atoms with Crippen molar-refractivity contribution in [1.29, 1.82) is 0 Å². The molecule has 1 aromatic heterocycles. The number of benzene rings is 1. The number of nitrogen functional groups attached to an aromatic ring is 1. The first-order chi connectivity index (χ1) is 8.45. The molecular weight excluding hydrogens is 255 g/mol. The van der Waals surface area contributed by atoms with Crippen molar-refractivity contribution in [3.63, 3.8) is 0 Å². The topological polar surface area (TPSA) is 65.2 Å². The second kappa shape index (κ2) is 4.38. The van der Waals surface area contributed by atoms with Crippen molar-refractivity contribution < 1.29 is 13.9 Å². The molecule has 6 heteroatoms. The van der Waals surface area contributed by atoms with Crippen LogP contribution in [0.1, 0.15) is 22.3 Å². The molecule has 0 saturated heterocycles. The molecule has 0 saturated carbocycles. The highest BCUT2D eigenvalue weighted by molar-refractivity contribution is 7.20. The van der Waals surface area contributed by atoms with E-state index in [1.54, 1.807) is 6.92 Å². The number of allylic oxidation sites excluding steroid dienone is 1. The lowest BCUT2D eigenvalue weighted by molar-refractivity contribution is 0.0600. The zero-order valence-corrected chi connectivity index (χ0v) is 10.7. The van der Waals surface area contributed by atoms with Crippen LogP contribution in [0.5, 0.6) is 0 Å². The molecule has 0 aliphatic heterocycles. The maximum atomic E-state index is 13.8. The lowest BCUT2D eigenvalue weighted by Gasteiger charge is -2.06. The summed E-state index contributed by atoms with van der Waals surface area (Å²) < 4.78 is 18.8. The molecule has 1 aromatic carbocycles. The number of nitrogens with zero attached hydrogens (tertiary/aromatic N) is 1. The quantitative estimate of drug-likeness (QED) is 0.670. The minimum absolute atomic E-state index is 0.0968. The summed E-state index contributed by atoms with van der Waals surface area (Å²) in [6, 6.07) is 1.19. The van der Waals surface area contributed by atoms with Gasteiger partial charge in [-0.25, -0.2) is 14.2 Å². The molecule has 0 bridgehead atoms. The third-order valence-electron chi connectivity index (χ3n) is 2.44. The van der Waals surface area contributed by atoms with Gasteiger partial charge in [0.05, 0.1) is 11.8 Å². The molecule has 0 unspecified atom stereocenters. The summed E-state index contributed by atoms with van der Waals surface area (Å²) in [5, 5.41) is 0.0968. The highest BCUT2D eigenvalue weighted by Gasteiger charge is 2.19. The minimum atomic E-state index is -0.596. The van der Waals surface area contributed by atoms with Gasteiger partial charge in [0.25, 0.3) is 0 Å². The Morgan fingerprint density at radius 1 is 1.61 bits per heavy atom. The van der Waals surface area contributed by atoms with Crippen LogP contribution in [0, 0.1) is 5.82 Å². The van der Waals surface area contributed by atoms with Gasteiger partial charge < -0.3 is 10.5 Å². The molecule has 2 rings (SSSR count). The fourth-order valence-corrected chi connectivity index (χ4v) is 2.81. The lowest BCUT2D eigenvalue weighted by atomic mass is 10.1. The predicted molar refractivity (Wildman–Crippen MR) is 70.0 cm³/mol. The molecule has 2 aromatic rings. The number of carbonyl (C=O) groups is 1. The van der Waals surface area contributed by atoms with Gasteiger partial charge in [-0.3, -0.25) is 0 Å². The monoisotopic (exact) mass is 266 g/mol. The second-order valence-corrected chi connectivity index (χ2v) is 4.79. The van der Waals surface area contributed by atoms with E-state index in [0.717, 1.165) is 11.3 Å². The van der Waals surface area contributed by atoms with E-state index in [0.29, 0.717) is 15.8 Å². The maximum Gasteiger partial charge on any atom is 0.367 e. The number of nitrogens with two attached hydrogens (primary N) is 1. The standard InChI is InChI=1S/C12H11FN2O2S/c1-5(2)8-7(14)4-6(13)9-10(8)18-11(15-9)12(16)17-3/h4H,1,14H2,2-3H3. The first-order valence-electron chi connectivity index (χ1n) is 5.08. The van der Waals surface area contributed by atoms with Gasteiger partial charge >= 0.3 is 5.97 Å². The molecule has 0 fully saturated rings. The summed E-state index contributed by atoms with van der Waals surface area (Å²) in [7, 11) is 1.25. The summed E-state index contributed by atoms with van der Waals surface area (Å²) in [6.07, 6.45) is 0. The molecule has 4 nitrogen and oxygen atoms in total. The molecule has 0 spiro atoms. The van der Waals surface area contributed by atoms with Crippen LogP contribution in [0.4, 0.5) is 10.1 Å². The van der Waals surface area contributed by atoms with Gasteiger partial charge in [0.15, 0.2) is 5.82 Å². The Balaban J connectivity index is 2.81. The van der Waals surface area contributed by atoms with E-state index in [-0.39, 0.29) is 16.2 Å². The van der Waals surface area contributed by atoms with Crippen molar-refractivity contribution in [3.8, 4) is 0 Å². The van der Waals surface area contributed by atoms with Crippen LogP contribution >= 0.6 is 11.3 Å². The third kappa shape index (κ3) is 1.84. The van der Waals surface area contributed by atoms with Crippen LogP contribution in [-0.2, 0) is 4.74 Å². The minimum Gasteiger partial charge on any atom is -0.464 e. The van der Waals surface area contributed by atoms with Crippen LogP contribution in [0.15, 0.2) is 12.6 Å². The van der Waals surface area contributed by atoms with E-state index < -0.39 is 11.8 Å². The Hall–Kier alpha value is -1.95. The zero-order chi connectivity index (χ0) is 13.4. The largest absolute Gasteiger partial charge is 0.464 e. The average Bonchev–Trinajstić information content (AvgIpc) is 2.72. The molecule has 0 amide bonds.